The van der Waals surface area contributed by atoms with Gasteiger partial charge in [0.1, 0.15) is 0 Å². The molecule has 0 N–H and O–H groups in total. The molecule has 1 aliphatic heterocycles. The highest BCUT2D eigenvalue weighted by atomic mass is 35.5. The maximum atomic E-state index is 12.6. The van der Waals surface area contributed by atoms with Gasteiger partial charge in [-0.2, -0.15) is 8.78 Å². The molecule has 1 fully saturated rings. The second-order valence-electron chi connectivity index (χ2n) is 6.19. The molecule has 140 valence electrons. The van der Waals surface area contributed by atoms with E-state index in [0.29, 0.717) is 0 Å². The van der Waals surface area contributed by atoms with E-state index in [1.54, 1.807) is 12.1 Å². The summed E-state index contributed by atoms with van der Waals surface area (Å²) in [6, 6.07) is 13.4. The third kappa shape index (κ3) is 4.34. The molecule has 0 spiro atoms. The summed E-state index contributed by atoms with van der Waals surface area (Å²) in [6.07, 6.45) is 0. The average Bonchev–Trinajstić information content (AvgIpc) is 2.64. The fraction of sp³-hybridized carbons (Fsp3) is 0.333. The first-order valence-electron chi connectivity index (χ1n) is 8.20. The molecule has 0 aromatic heterocycles. The molecule has 0 amide bonds. The highest BCUT2D eigenvalue weighted by Crippen LogP contribution is 2.23. The number of benzene rings is 2. The van der Waals surface area contributed by atoms with Gasteiger partial charge in [-0.05, 0) is 42.0 Å². The molecule has 1 heterocycles. The molecule has 0 atom stereocenters. The van der Waals surface area contributed by atoms with Crippen LogP contribution >= 0.6 is 11.6 Å². The van der Waals surface area contributed by atoms with Gasteiger partial charge in [0.15, 0.2) is 0 Å². The van der Waals surface area contributed by atoms with Crippen molar-refractivity contribution >= 4 is 27.1 Å². The predicted molar refractivity (Wildman–Crippen MR) is 98.6 cm³/mol. The average molecular weight is 401 g/mol. The topological polar surface area (TPSA) is 40.6 Å². The van der Waals surface area contributed by atoms with Crippen molar-refractivity contribution in [1.29, 1.82) is 0 Å². The van der Waals surface area contributed by atoms with Gasteiger partial charge < -0.3 is 4.90 Å². The molecule has 3 rings (SSSR count). The minimum Gasteiger partial charge on any atom is -0.369 e. The van der Waals surface area contributed by atoms with Crippen LogP contribution in [0.2, 0.25) is 5.02 Å². The largest absolute Gasteiger partial charge is 0.369 e. The SMILES string of the molecule is O=S(=O)(c1ccc(N2CCN(Cc3ccc(Cl)cc3)CC2)cc1)C(F)F. The van der Waals surface area contributed by atoms with Crippen molar-refractivity contribution in [2.75, 3.05) is 31.1 Å². The van der Waals surface area contributed by atoms with E-state index in [1.807, 2.05) is 24.3 Å². The summed E-state index contributed by atoms with van der Waals surface area (Å²) in [4.78, 5) is 4.10. The van der Waals surface area contributed by atoms with E-state index < -0.39 is 15.6 Å². The Morgan fingerprint density at radius 1 is 0.923 bits per heavy atom. The highest BCUT2D eigenvalue weighted by Gasteiger charge is 2.26. The molecule has 0 bridgehead atoms. The summed E-state index contributed by atoms with van der Waals surface area (Å²) in [5, 5.41) is 0.718. The van der Waals surface area contributed by atoms with Crippen LogP contribution in [0.1, 0.15) is 5.56 Å². The Labute approximate surface area is 156 Å². The third-order valence-electron chi connectivity index (χ3n) is 4.46. The lowest BCUT2D eigenvalue weighted by Crippen LogP contribution is -2.45. The maximum Gasteiger partial charge on any atom is 0.341 e. The lowest BCUT2D eigenvalue weighted by molar-refractivity contribution is 0.234. The van der Waals surface area contributed by atoms with Gasteiger partial charge in [0.25, 0.3) is 0 Å². The zero-order valence-electron chi connectivity index (χ0n) is 14.0. The van der Waals surface area contributed by atoms with Crippen molar-refractivity contribution in [3.8, 4) is 0 Å². The first-order chi connectivity index (χ1) is 12.4. The molecular weight excluding hydrogens is 382 g/mol. The molecular formula is C18H19ClF2N2O2S. The quantitative estimate of drug-likeness (QED) is 0.768. The number of halogens is 3. The smallest absolute Gasteiger partial charge is 0.341 e. The van der Waals surface area contributed by atoms with E-state index in [2.05, 4.69) is 9.80 Å². The van der Waals surface area contributed by atoms with Crippen LogP contribution in [0.4, 0.5) is 14.5 Å². The lowest BCUT2D eigenvalue weighted by Gasteiger charge is -2.36. The first-order valence-corrected chi connectivity index (χ1v) is 10.1. The molecule has 4 nitrogen and oxygen atoms in total. The number of hydrogen-bond donors (Lipinski definition) is 0. The standard InChI is InChI=1S/C18H19ClF2N2O2S/c19-15-3-1-14(2-4-15)13-22-9-11-23(12-10-22)16-5-7-17(8-6-16)26(24,25)18(20)21/h1-8,18H,9-13H2. The van der Waals surface area contributed by atoms with Crippen molar-refractivity contribution < 1.29 is 17.2 Å². The van der Waals surface area contributed by atoms with Gasteiger partial charge in [-0.15, -0.1) is 0 Å². The van der Waals surface area contributed by atoms with Crippen LogP contribution in [0.15, 0.2) is 53.4 Å². The van der Waals surface area contributed by atoms with Crippen LogP contribution in [-0.2, 0) is 16.4 Å². The summed E-state index contributed by atoms with van der Waals surface area (Å²) < 4.78 is 48.1. The molecule has 0 aliphatic carbocycles. The van der Waals surface area contributed by atoms with E-state index in [1.165, 1.54) is 17.7 Å². The molecule has 2 aromatic carbocycles. The van der Waals surface area contributed by atoms with Gasteiger partial charge in [-0.1, -0.05) is 23.7 Å². The molecule has 2 aromatic rings. The Morgan fingerprint density at radius 2 is 1.50 bits per heavy atom. The molecule has 26 heavy (non-hydrogen) atoms. The molecule has 1 saturated heterocycles. The Kier molecular flexibility index (Phi) is 5.79. The number of hydrogen-bond acceptors (Lipinski definition) is 4. The van der Waals surface area contributed by atoms with Crippen molar-refractivity contribution in [3.63, 3.8) is 0 Å². The van der Waals surface area contributed by atoms with Crippen molar-refractivity contribution in [2.45, 2.75) is 17.2 Å². The van der Waals surface area contributed by atoms with Gasteiger partial charge >= 0.3 is 5.76 Å². The Balaban J connectivity index is 1.59. The number of sulfone groups is 1. The summed E-state index contributed by atoms with van der Waals surface area (Å²) in [5.74, 6) is -3.40. The molecule has 0 saturated carbocycles. The summed E-state index contributed by atoms with van der Waals surface area (Å²) in [6.45, 7) is 4.14. The Morgan fingerprint density at radius 3 is 2.04 bits per heavy atom. The van der Waals surface area contributed by atoms with Gasteiger partial charge in [0.2, 0.25) is 9.84 Å². The monoisotopic (exact) mass is 400 g/mol. The van der Waals surface area contributed by atoms with Crippen molar-refractivity contribution in [2.24, 2.45) is 0 Å². The Bertz CT molecular complexity index is 834. The van der Waals surface area contributed by atoms with E-state index in [0.717, 1.165) is 43.4 Å². The van der Waals surface area contributed by atoms with Gasteiger partial charge in [-0.25, -0.2) is 8.42 Å². The van der Waals surface area contributed by atoms with Crippen molar-refractivity contribution in [1.82, 2.24) is 4.90 Å². The van der Waals surface area contributed by atoms with Crippen LogP contribution in [0.5, 0.6) is 0 Å². The zero-order valence-corrected chi connectivity index (χ0v) is 15.6. The summed E-state index contributed by atoms with van der Waals surface area (Å²) in [7, 11) is -4.54. The third-order valence-corrected chi connectivity index (χ3v) is 6.11. The van der Waals surface area contributed by atoms with Gasteiger partial charge in [-0.3, -0.25) is 4.90 Å². The maximum absolute atomic E-state index is 12.6. The van der Waals surface area contributed by atoms with E-state index in [4.69, 9.17) is 11.6 Å². The van der Waals surface area contributed by atoms with Crippen molar-refractivity contribution in [3.05, 3.63) is 59.1 Å². The number of anilines is 1. The van der Waals surface area contributed by atoms with Crippen LogP contribution < -0.4 is 4.90 Å². The molecule has 0 radical (unpaired) electrons. The number of piperazine rings is 1. The summed E-state index contributed by atoms with van der Waals surface area (Å²) >= 11 is 5.90. The van der Waals surface area contributed by atoms with Crippen LogP contribution in [0, 0.1) is 0 Å². The van der Waals surface area contributed by atoms with E-state index in [-0.39, 0.29) is 4.90 Å². The zero-order chi connectivity index (χ0) is 18.7. The normalized spacial score (nSPS) is 16.2. The lowest BCUT2D eigenvalue weighted by atomic mass is 10.2. The van der Waals surface area contributed by atoms with E-state index in [9.17, 15) is 17.2 Å². The number of rotatable bonds is 5. The fourth-order valence-electron chi connectivity index (χ4n) is 2.96. The first kappa shape index (κ1) is 19.1. The summed E-state index contributed by atoms with van der Waals surface area (Å²) in [5.41, 5.74) is 2.04. The van der Waals surface area contributed by atoms with Crippen LogP contribution in [0.3, 0.4) is 0 Å². The Hall–Kier alpha value is -1.70. The van der Waals surface area contributed by atoms with Gasteiger partial charge in [0.05, 0.1) is 4.90 Å². The fourth-order valence-corrected chi connectivity index (χ4v) is 3.81. The molecule has 1 aliphatic rings. The second-order valence-corrected chi connectivity index (χ2v) is 8.54. The minimum absolute atomic E-state index is 0.349. The second kappa shape index (κ2) is 7.90. The minimum atomic E-state index is -4.54. The van der Waals surface area contributed by atoms with E-state index >= 15 is 0 Å². The predicted octanol–water partition coefficient (Wildman–Crippen LogP) is 3.66. The molecule has 8 heteroatoms. The van der Waals surface area contributed by atoms with Crippen LogP contribution in [0.25, 0.3) is 0 Å². The van der Waals surface area contributed by atoms with Crippen LogP contribution in [-0.4, -0.2) is 45.3 Å². The number of nitrogens with zero attached hydrogens (tertiary/aromatic N) is 2. The molecule has 0 unspecified atom stereocenters. The van der Waals surface area contributed by atoms with Gasteiger partial charge in [0, 0.05) is 43.4 Å². The number of alkyl halides is 2. The highest BCUT2D eigenvalue weighted by molar-refractivity contribution is 7.91.